The SMILES string of the molecule is CC/C=C\C/C=C\C/C=C\C/C=C\CCCCCCCCCCCCC(=O)OCC(COC(=O)CCCCCCCCCCCCCCCC)OC(=O)CCCC/C=C\C/C=C\C/C=C\C/C=C\CC. The Kier molecular flexibility index (Phi) is 54.9. The molecule has 70 heavy (non-hydrogen) atoms. The monoisotopic (exact) mass is 973 g/mol. The van der Waals surface area contributed by atoms with E-state index in [0.29, 0.717) is 19.3 Å². The van der Waals surface area contributed by atoms with Gasteiger partial charge in [-0.15, -0.1) is 0 Å². The van der Waals surface area contributed by atoms with Crippen molar-refractivity contribution in [2.75, 3.05) is 13.2 Å². The molecule has 0 spiro atoms. The summed E-state index contributed by atoms with van der Waals surface area (Å²) in [7, 11) is 0. The van der Waals surface area contributed by atoms with Crippen molar-refractivity contribution in [1.82, 2.24) is 0 Å². The Morgan fingerprint density at radius 1 is 0.300 bits per heavy atom. The number of rotatable bonds is 52. The summed E-state index contributed by atoms with van der Waals surface area (Å²) in [6.45, 7) is 6.39. The van der Waals surface area contributed by atoms with Gasteiger partial charge in [-0.3, -0.25) is 14.4 Å². The molecule has 0 aliphatic carbocycles. The van der Waals surface area contributed by atoms with Crippen LogP contribution in [-0.2, 0) is 28.6 Å². The fourth-order valence-corrected chi connectivity index (χ4v) is 8.01. The van der Waals surface area contributed by atoms with Crippen LogP contribution in [0.3, 0.4) is 0 Å². The maximum Gasteiger partial charge on any atom is 0.306 e. The second kappa shape index (κ2) is 57.9. The maximum absolute atomic E-state index is 12.8. The molecule has 0 saturated heterocycles. The molecule has 0 aliphatic heterocycles. The lowest BCUT2D eigenvalue weighted by molar-refractivity contribution is -0.167. The fraction of sp³-hybridized carbons (Fsp3) is 0.703. The standard InChI is InChI=1S/C64H108O6/c1-4-7-10-13-16-19-22-25-28-29-30-31-32-33-34-35-37-39-42-45-48-51-54-57-63(66)69-60-61(59-68-62(65)56-53-50-47-44-41-38-27-24-21-18-15-12-9-6-3)70-64(67)58-55-52-49-46-43-40-36-26-23-20-17-14-11-8-5-2/h7-8,10-11,16-17,19-20,25-26,28,30-31,36,43,46,61H,4-6,9,12-15,18,21-24,27,29,32-35,37-42,44-45,47-60H2,1-3H3/b10-7-,11-8-,19-16-,20-17-,28-25-,31-30-,36-26-,46-43-. The molecule has 0 heterocycles. The molecule has 0 radical (unpaired) electrons. The van der Waals surface area contributed by atoms with Gasteiger partial charge in [0, 0.05) is 19.3 Å². The predicted octanol–water partition coefficient (Wildman–Crippen LogP) is 19.7. The van der Waals surface area contributed by atoms with E-state index in [4.69, 9.17) is 14.2 Å². The third-order valence-electron chi connectivity index (χ3n) is 12.3. The lowest BCUT2D eigenvalue weighted by Crippen LogP contribution is -2.30. The van der Waals surface area contributed by atoms with E-state index in [1.807, 2.05) is 0 Å². The van der Waals surface area contributed by atoms with Gasteiger partial charge in [0.05, 0.1) is 0 Å². The first-order valence-electron chi connectivity index (χ1n) is 29.2. The second-order valence-electron chi connectivity index (χ2n) is 19.1. The summed E-state index contributed by atoms with van der Waals surface area (Å²) in [4.78, 5) is 38.2. The van der Waals surface area contributed by atoms with Crippen LogP contribution in [0.5, 0.6) is 0 Å². The van der Waals surface area contributed by atoms with Crippen LogP contribution < -0.4 is 0 Å². The smallest absolute Gasteiger partial charge is 0.306 e. The van der Waals surface area contributed by atoms with E-state index in [-0.39, 0.29) is 37.5 Å². The van der Waals surface area contributed by atoms with Gasteiger partial charge in [0.25, 0.3) is 0 Å². The summed E-state index contributed by atoms with van der Waals surface area (Å²) in [5, 5.41) is 0. The van der Waals surface area contributed by atoms with Crippen LogP contribution in [0.25, 0.3) is 0 Å². The van der Waals surface area contributed by atoms with Gasteiger partial charge in [0.1, 0.15) is 13.2 Å². The van der Waals surface area contributed by atoms with Crippen molar-refractivity contribution in [3.05, 3.63) is 97.2 Å². The van der Waals surface area contributed by atoms with Crippen molar-refractivity contribution in [3.8, 4) is 0 Å². The summed E-state index contributed by atoms with van der Waals surface area (Å²) < 4.78 is 16.8. The molecular formula is C64H108O6. The minimum absolute atomic E-state index is 0.0936. The lowest BCUT2D eigenvalue weighted by atomic mass is 10.0. The van der Waals surface area contributed by atoms with Crippen molar-refractivity contribution < 1.29 is 28.6 Å². The van der Waals surface area contributed by atoms with E-state index < -0.39 is 6.10 Å². The molecule has 1 atom stereocenters. The normalized spacial score (nSPS) is 12.8. The molecule has 0 rings (SSSR count). The molecule has 6 heteroatoms. The highest BCUT2D eigenvalue weighted by Gasteiger charge is 2.19. The molecule has 6 nitrogen and oxygen atoms in total. The number of unbranched alkanes of at least 4 members (excludes halogenated alkanes) is 25. The van der Waals surface area contributed by atoms with Crippen LogP contribution in [0, 0.1) is 0 Å². The Morgan fingerprint density at radius 2 is 0.557 bits per heavy atom. The molecule has 0 saturated carbocycles. The Balaban J connectivity index is 4.38. The fourth-order valence-electron chi connectivity index (χ4n) is 8.01. The first-order chi connectivity index (χ1) is 34.5. The van der Waals surface area contributed by atoms with Crippen LogP contribution in [-0.4, -0.2) is 37.2 Å². The first-order valence-corrected chi connectivity index (χ1v) is 29.2. The topological polar surface area (TPSA) is 78.9 Å². The van der Waals surface area contributed by atoms with Gasteiger partial charge in [-0.25, -0.2) is 0 Å². The first kappa shape index (κ1) is 66.3. The zero-order chi connectivity index (χ0) is 50.7. The molecule has 0 aromatic rings. The van der Waals surface area contributed by atoms with Gasteiger partial charge in [0.15, 0.2) is 6.10 Å². The molecule has 0 fully saturated rings. The van der Waals surface area contributed by atoms with Gasteiger partial charge >= 0.3 is 17.9 Å². The van der Waals surface area contributed by atoms with E-state index >= 15 is 0 Å². The maximum atomic E-state index is 12.8. The number of allylic oxidation sites excluding steroid dienone is 16. The van der Waals surface area contributed by atoms with Gasteiger partial charge < -0.3 is 14.2 Å². The van der Waals surface area contributed by atoms with Gasteiger partial charge in [0.2, 0.25) is 0 Å². The van der Waals surface area contributed by atoms with E-state index in [0.717, 1.165) is 103 Å². The third kappa shape index (κ3) is 55.3. The van der Waals surface area contributed by atoms with Crippen LogP contribution >= 0.6 is 0 Å². The number of hydrogen-bond donors (Lipinski definition) is 0. The minimum atomic E-state index is -0.800. The summed E-state index contributed by atoms with van der Waals surface area (Å²) in [5.74, 6) is -0.934. The van der Waals surface area contributed by atoms with Gasteiger partial charge in [-0.2, -0.15) is 0 Å². The molecule has 0 N–H and O–H groups in total. The zero-order valence-electron chi connectivity index (χ0n) is 45.8. The number of carbonyl (C=O) groups is 3. The van der Waals surface area contributed by atoms with E-state index in [1.54, 1.807) is 0 Å². The average molecular weight is 974 g/mol. The summed E-state index contributed by atoms with van der Waals surface area (Å²) in [5.41, 5.74) is 0. The molecular weight excluding hydrogens is 865 g/mol. The predicted molar refractivity (Wildman–Crippen MR) is 302 cm³/mol. The lowest BCUT2D eigenvalue weighted by Gasteiger charge is -2.18. The molecule has 0 amide bonds. The van der Waals surface area contributed by atoms with Gasteiger partial charge in [-0.1, -0.05) is 253 Å². The van der Waals surface area contributed by atoms with Crippen molar-refractivity contribution in [3.63, 3.8) is 0 Å². The van der Waals surface area contributed by atoms with Crippen molar-refractivity contribution >= 4 is 17.9 Å². The summed E-state index contributed by atoms with van der Waals surface area (Å²) in [6.07, 6.45) is 76.9. The molecule has 0 aromatic carbocycles. The van der Waals surface area contributed by atoms with Crippen LogP contribution in [0.4, 0.5) is 0 Å². The van der Waals surface area contributed by atoms with Crippen LogP contribution in [0.1, 0.15) is 271 Å². The Labute approximate surface area is 432 Å². The molecule has 0 aromatic heterocycles. The highest BCUT2D eigenvalue weighted by atomic mass is 16.6. The van der Waals surface area contributed by atoms with E-state index in [1.165, 1.54) is 122 Å². The molecule has 0 aliphatic rings. The molecule has 0 bridgehead atoms. The Morgan fingerprint density at radius 3 is 0.900 bits per heavy atom. The third-order valence-corrected chi connectivity index (χ3v) is 12.3. The highest BCUT2D eigenvalue weighted by Crippen LogP contribution is 2.16. The van der Waals surface area contributed by atoms with Crippen molar-refractivity contribution in [2.45, 2.75) is 277 Å². The average Bonchev–Trinajstić information content (AvgIpc) is 3.36. The Bertz CT molecular complexity index is 1400. The van der Waals surface area contributed by atoms with Crippen LogP contribution in [0.15, 0.2) is 97.2 Å². The highest BCUT2D eigenvalue weighted by molar-refractivity contribution is 5.71. The summed E-state index contributed by atoms with van der Waals surface area (Å²) in [6, 6.07) is 0. The van der Waals surface area contributed by atoms with Gasteiger partial charge in [-0.05, 0) is 96.3 Å². The molecule has 400 valence electrons. The second-order valence-corrected chi connectivity index (χ2v) is 19.1. The van der Waals surface area contributed by atoms with E-state index in [9.17, 15) is 14.4 Å². The number of esters is 3. The Hall–Kier alpha value is -3.67. The van der Waals surface area contributed by atoms with E-state index in [2.05, 4.69) is 118 Å². The number of ether oxygens (including phenoxy) is 3. The molecule has 1 unspecified atom stereocenters. The zero-order valence-corrected chi connectivity index (χ0v) is 45.8. The summed E-state index contributed by atoms with van der Waals surface area (Å²) >= 11 is 0. The largest absolute Gasteiger partial charge is 0.462 e. The number of hydrogen-bond acceptors (Lipinski definition) is 6. The van der Waals surface area contributed by atoms with Crippen molar-refractivity contribution in [1.29, 1.82) is 0 Å². The minimum Gasteiger partial charge on any atom is -0.462 e. The van der Waals surface area contributed by atoms with Crippen molar-refractivity contribution in [2.24, 2.45) is 0 Å². The number of carbonyl (C=O) groups excluding carboxylic acids is 3. The quantitative estimate of drug-likeness (QED) is 0.0262. The van der Waals surface area contributed by atoms with Crippen LogP contribution in [0.2, 0.25) is 0 Å².